The first-order valence-electron chi connectivity index (χ1n) is 9.12. The van der Waals surface area contributed by atoms with E-state index >= 15 is 0 Å². The predicted octanol–water partition coefficient (Wildman–Crippen LogP) is 2.78. The van der Waals surface area contributed by atoms with Crippen LogP contribution in [0, 0.1) is 5.92 Å². The molecule has 1 aliphatic heterocycles. The number of hydrogen-bond acceptors (Lipinski definition) is 4. The molecule has 136 valence electrons. The molecule has 0 unspecified atom stereocenters. The van der Waals surface area contributed by atoms with Crippen LogP contribution in [0.5, 0.6) is 0 Å². The summed E-state index contributed by atoms with van der Waals surface area (Å²) in [4.78, 5) is 6.82. The van der Waals surface area contributed by atoms with Gasteiger partial charge in [-0.25, -0.2) is 0 Å². The summed E-state index contributed by atoms with van der Waals surface area (Å²) < 4.78 is 2.25. The van der Waals surface area contributed by atoms with Crippen LogP contribution in [0.2, 0.25) is 0 Å². The van der Waals surface area contributed by atoms with E-state index in [0.29, 0.717) is 11.9 Å². The Kier molecular flexibility index (Phi) is 7.88. The van der Waals surface area contributed by atoms with Crippen LogP contribution in [0.15, 0.2) is 10.1 Å². The molecule has 24 heavy (non-hydrogen) atoms. The highest BCUT2D eigenvalue weighted by Gasteiger charge is 2.13. The van der Waals surface area contributed by atoms with Crippen molar-refractivity contribution >= 4 is 17.7 Å². The van der Waals surface area contributed by atoms with E-state index in [1.807, 2.05) is 0 Å². The molecule has 0 amide bonds. The third-order valence-corrected chi connectivity index (χ3v) is 4.95. The molecular weight excluding hydrogens is 320 g/mol. The number of guanidine groups is 1. The van der Waals surface area contributed by atoms with Crippen molar-refractivity contribution in [3.8, 4) is 0 Å². The largest absolute Gasteiger partial charge is 0.370 e. The van der Waals surface area contributed by atoms with E-state index in [2.05, 4.69) is 44.8 Å². The topological polar surface area (TPSA) is 72.3 Å². The number of aromatic nitrogens is 3. The molecule has 0 aliphatic carbocycles. The normalized spacial score (nSPS) is 16.7. The van der Waals surface area contributed by atoms with E-state index in [1.54, 1.807) is 11.8 Å². The van der Waals surface area contributed by atoms with E-state index < -0.39 is 0 Å². The van der Waals surface area contributed by atoms with Crippen LogP contribution in [0.25, 0.3) is 0 Å². The van der Waals surface area contributed by atoms with Crippen LogP contribution in [0.1, 0.15) is 51.8 Å². The smallest absolute Gasteiger partial charge is 0.191 e. The van der Waals surface area contributed by atoms with Crippen molar-refractivity contribution in [1.29, 1.82) is 0 Å². The number of aryl methyl sites for hydroxylation is 1. The second kappa shape index (κ2) is 9.91. The maximum atomic E-state index is 6.16. The fraction of sp³-hybridized carbons (Fsp3) is 0.824. The van der Waals surface area contributed by atoms with Crippen LogP contribution in [0.4, 0.5) is 0 Å². The average Bonchev–Trinajstić information content (AvgIpc) is 2.76. The summed E-state index contributed by atoms with van der Waals surface area (Å²) >= 11 is 1.66. The number of likely N-dealkylation sites (tertiary alicyclic amines) is 1. The molecule has 2 N–H and O–H groups in total. The van der Waals surface area contributed by atoms with Gasteiger partial charge >= 0.3 is 0 Å². The number of nitrogens with two attached hydrogens (primary N) is 1. The van der Waals surface area contributed by atoms with E-state index in [4.69, 9.17) is 5.73 Å². The molecular formula is C17H32N6S. The third kappa shape index (κ3) is 5.69. The van der Waals surface area contributed by atoms with E-state index in [-0.39, 0.29) is 0 Å². The van der Waals surface area contributed by atoms with Gasteiger partial charge in [-0.05, 0) is 31.4 Å². The third-order valence-electron chi connectivity index (χ3n) is 4.29. The molecule has 0 spiro atoms. The van der Waals surface area contributed by atoms with Crippen molar-refractivity contribution in [3.63, 3.8) is 0 Å². The number of thioether (sulfide) groups is 1. The Hall–Kier alpha value is -1.24. The van der Waals surface area contributed by atoms with Crippen LogP contribution in [-0.2, 0) is 13.0 Å². The fourth-order valence-electron chi connectivity index (χ4n) is 3.03. The summed E-state index contributed by atoms with van der Waals surface area (Å²) in [5.74, 6) is 2.37. The van der Waals surface area contributed by atoms with Gasteiger partial charge in [0.1, 0.15) is 5.82 Å². The Morgan fingerprint density at radius 1 is 1.21 bits per heavy atom. The Morgan fingerprint density at radius 3 is 2.54 bits per heavy atom. The first-order chi connectivity index (χ1) is 11.6. The molecule has 6 nitrogen and oxygen atoms in total. The lowest BCUT2D eigenvalue weighted by molar-refractivity contribution is 0.428. The summed E-state index contributed by atoms with van der Waals surface area (Å²) in [6.45, 7) is 8.27. The van der Waals surface area contributed by atoms with E-state index in [0.717, 1.165) is 50.0 Å². The molecule has 1 aromatic rings. The zero-order valence-electron chi connectivity index (χ0n) is 15.4. The molecule has 0 aromatic carbocycles. The van der Waals surface area contributed by atoms with E-state index in [9.17, 15) is 0 Å². The predicted molar refractivity (Wildman–Crippen MR) is 101 cm³/mol. The number of nitrogens with zero attached hydrogens (tertiary/aromatic N) is 5. The maximum Gasteiger partial charge on any atom is 0.191 e. The summed E-state index contributed by atoms with van der Waals surface area (Å²) in [7, 11) is 0. The van der Waals surface area contributed by atoms with Crippen molar-refractivity contribution in [2.45, 2.75) is 64.1 Å². The molecule has 1 aromatic heterocycles. The number of hydrogen-bond donors (Lipinski definition) is 1. The molecule has 0 radical (unpaired) electrons. The quantitative estimate of drug-likeness (QED) is 0.353. The lowest BCUT2D eigenvalue weighted by Crippen LogP contribution is -2.38. The van der Waals surface area contributed by atoms with Gasteiger partial charge in [0.15, 0.2) is 11.1 Å². The van der Waals surface area contributed by atoms with Gasteiger partial charge in [-0.2, -0.15) is 0 Å². The zero-order valence-corrected chi connectivity index (χ0v) is 16.2. The standard InChI is InChI=1S/C17H32N6S/c1-14(2)13-23-15(20-21-17(23)24-3)9-8-10-19-16(18)22-11-6-4-5-7-12-22/h14H,4-13H2,1-3H3,(H2,18,19). The first kappa shape index (κ1) is 19.1. The average molecular weight is 353 g/mol. The Balaban J connectivity index is 1.85. The SMILES string of the molecule is CSc1nnc(CCCN=C(N)N2CCCCCC2)n1CC(C)C. The highest BCUT2D eigenvalue weighted by Crippen LogP contribution is 2.17. The zero-order chi connectivity index (χ0) is 17.4. The van der Waals surface area contributed by atoms with Gasteiger partial charge in [0.25, 0.3) is 0 Å². The van der Waals surface area contributed by atoms with Crippen molar-refractivity contribution < 1.29 is 0 Å². The molecule has 0 saturated carbocycles. The highest BCUT2D eigenvalue weighted by atomic mass is 32.2. The lowest BCUT2D eigenvalue weighted by Gasteiger charge is -2.21. The van der Waals surface area contributed by atoms with Crippen molar-refractivity contribution in [2.75, 3.05) is 25.9 Å². The maximum absolute atomic E-state index is 6.16. The van der Waals surface area contributed by atoms with Gasteiger partial charge in [0.05, 0.1) is 0 Å². The summed E-state index contributed by atoms with van der Waals surface area (Å²) in [5, 5.41) is 9.66. The van der Waals surface area contributed by atoms with Crippen molar-refractivity contribution in [3.05, 3.63) is 5.82 Å². The number of rotatable bonds is 7. The minimum absolute atomic E-state index is 0.586. The molecule has 0 bridgehead atoms. The molecule has 1 saturated heterocycles. The van der Waals surface area contributed by atoms with Crippen molar-refractivity contribution in [2.24, 2.45) is 16.6 Å². The van der Waals surface area contributed by atoms with Gasteiger partial charge in [-0.1, -0.05) is 38.5 Å². The Labute approximate surface area is 150 Å². The number of aliphatic imine (C=N–C) groups is 1. The highest BCUT2D eigenvalue weighted by molar-refractivity contribution is 7.98. The first-order valence-corrected chi connectivity index (χ1v) is 10.3. The van der Waals surface area contributed by atoms with Crippen LogP contribution in [-0.4, -0.2) is 51.5 Å². The van der Waals surface area contributed by atoms with Crippen LogP contribution >= 0.6 is 11.8 Å². The van der Waals surface area contributed by atoms with E-state index in [1.165, 1.54) is 25.7 Å². The minimum Gasteiger partial charge on any atom is -0.370 e. The Bertz CT molecular complexity index is 517. The molecule has 7 heteroatoms. The van der Waals surface area contributed by atoms with Crippen LogP contribution in [0.3, 0.4) is 0 Å². The van der Waals surface area contributed by atoms with Crippen molar-refractivity contribution in [1.82, 2.24) is 19.7 Å². The molecule has 1 fully saturated rings. The van der Waals surface area contributed by atoms with Gasteiger partial charge < -0.3 is 15.2 Å². The summed E-state index contributed by atoms with van der Waals surface area (Å²) in [5.41, 5.74) is 6.16. The molecule has 2 heterocycles. The second-order valence-electron chi connectivity index (χ2n) is 6.85. The lowest BCUT2D eigenvalue weighted by atomic mass is 10.2. The monoisotopic (exact) mass is 352 g/mol. The molecule has 1 aliphatic rings. The minimum atomic E-state index is 0.586. The van der Waals surface area contributed by atoms with Crippen LogP contribution < -0.4 is 5.73 Å². The van der Waals surface area contributed by atoms with Gasteiger partial charge in [-0.3, -0.25) is 4.99 Å². The Morgan fingerprint density at radius 2 is 1.92 bits per heavy atom. The fourth-order valence-corrected chi connectivity index (χ4v) is 3.56. The molecule has 2 rings (SSSR count). The second-order valence-corrected chi connectivity index (χ2v) is 7.63. The molecule has 0 atom stereocenters. The van der Waals surface area contributed by atoms with Gasteiger partial charge in [-0.15, -0.1) is 10.2 Å². The van der Waals surface area contributed by atoms with Gasteiger partial charge in [0, 0.05) is 32.6 Å². The van der Waals surface area contributed by atoms with Gasteiger partial charge in [0.2, 0.25) is 0 Å². The summed E-state index contributed by atoms with van der Waals surface area (Å²) in [6.07, 6.45) is 8.99. The summed E-state index contributed by atoms with van der Waals surface area (Å²) in [6, 6.07) is 0.